The van der Waals surface area contributed by atoms with Gasteiger partial charge in [0.05, 0.1) is 0 Å². The molecule has 1 unspecified atom stereocenters. The zero-order valence-electron chi connectivity index (χ0n) is 15.0. The maximum atomic E-state index is 12.4. The second-order valence-corrected chi connectivity index (χ2v) is 6.84. The molecule has 140 valence electrons. The lowest BCUT2D eigenvalue weighted by molar-refractivity contribution is -0.138. The number of rotatable bonds is 4. The van der Waals surface area contributed by atoms with E-state index in [1.807, 2.05) is 0 Å². The number of nitrogens with one attached hydrogen (secondary N) is 1. The molecule has 1 aromatic carbocycles. The number of nitrogens with zero attached hydrogens (tertiary/aromatic N) is 3. The van der Waals surface area contributed by atoms with Crippen molar-refractivity contribution in [2.75, 3.05) is 18.5 Å². The molecule has 8 heteroatoms. The lowest BCUT2D eigenvalue weighted by atomic mass is 9.91. The molecule has 1 aliphatic heterocycles. The number of hydrazone groups is 1. The summed E-state index contributed by atoms with van der Waals surface area (Å²) in [4.78, 5) is 28.5. The Morgan fingerprint density at radius 2 is 2.30 bits per heavy atom. The molecule has 0 saturated heterocycles. The Morgan fingerprint density at radius 3 is 3.11 bits per heavy atom. The van der Waals surface area contributed by atoms with Crippen LogP contribution in [-0.4, -0.2) is 40.9 Å². The van der Waals surface area contributed by atoms with Crippen molar-refractivity contribution in [1.82, 2.24) is 9.99 Å². The van der Waals surface area contributed by atoms with Crippen LogP contribution in [0.4, 0.5) is 5.69 Å². The predicted octanol–water partition coefficient (Wildman–Crippen LogP) is 2.69. The summed E-state index contributed by atoms with van der Waals surface area (Å²) in [6.45, 7) is 1.92. The van der Waals surface area contributed by atoms with Crippen LogP contribution in [-0.2, 0) is 14.3 Å². The van der Waals surface area contributed by atoms with Crippen molar-refractivity contribution in [3.05, 3.63) is 36.2 Å². The molecule has 2 aromatic rings. The summed E-state index contributed by atoms with van der Waals surface area (Å²) >= 11 is 0. The van der Waals surface area contributed by atoms with Crippen LogP contribution in [0.5, 0.6) is 0 Å². The highest BCUT2D eigenvalue weighted by atomic mass is 16.5. The molecule has 2 heterocycles. The minimum atomic E-state index is -0.345. The Balaban J connectivity index is 1.44. The molecule has 1 N–H and O–H groups in total. The molecule has 0 saturated carbocycles. The Morgan fingerprint density at radius 1 is 1.41 bits per heavy atom. The van der Waals surface area contributed by atoms with Crippen LogP contribution in [0.15, 0.2) is 45.8 Å². The number of hydrogen-bond acceptors (Lipinski definition) is 6. The Hall–Kier alpha value is -3.16. The van der Waals surface area contributed by atoms with E-state index in [0.717, 1.165) is 24.8 Å². The monoisotopic (exact) mass is 368 g/mol. The van der Waals surface area contributed by atoms with E-state index in [4.69, 9.17) is 9.15 Å². The highest BCUT2D eigenvalue weighted by Crippen LogP contribution is 2.25. The van der Waals surface area contributed by atoms with Gasteiger partial charge in [-0.1, -0.05) is 13.0 Å². The number of anilines is 1. The number of hydrogen-bond donors (Lipinski definition) is 1. The van der Waals surface area contributed by atoms with Crippen LogP contribution in [0.3, 0.4) is 0 Å². The first-order valence-electron chi connectivity index (χ1n) is 8.93. The summed E-state index contributed by atoms with van der Waals surface area (Å²) < 4.78 is 10.7. The molecule has 1 aromatic heterocycles. The largest absolute Gasteiger partial charge is 0.466 e. The summed E-state index contributed by atoms with van der Waals surface area (Å²) in [5.41, 5.74) is 2.87. The standard InChI is InChI=1S/C19H20N4O4/c1-12-2-4-13(5-3-12)19-22-23(18(25)10-26-19)9-17(24)21-14-6-7-16-15(8-14)20-11-27-16/h4,6-8,11-12H,2-3,5,9-10H2,1H3,(H,21,24). The van der Waals surface area contributed by atoms with Crippen molar-refractivity contribution >= 4 is 34.5 Å². The van der Waals surface area contributed by atoms with E-state index in [0.29, 0.717) is 28.6 Å². The van der Waals surface area contributed by atoms with Gasteiger partial charge in [-0.3, -0.25) is 9.59 Å². The van der Waals surface area contributed by atoms with Gasteiger partial charge >= 0.3 is 0 Å². The fourth-order valence-electron chi connectivity index (χ4n) is 3.11. The third kappa shape index (κ3) is 3.84. The molecule has 0 spiro atoms. The summed E-state index contributed by atoms with van der Waals surface area (Å²) in [5.74, 6) is 0.398. The van der Waals surface area contributed by atoms with Gasteiger partial charge in [-0.15, -0.1) is 5.10 Å². The van der Waals surface area contributed by atoms with E-state index < -0.39 is 0 Å². The minimum Gasteiger partial charge on any atom is -0.466 e. The van der Waals surface area contributed by atoms with Gasteiger partial charge in [-0.2, -0.15) is 0 Å². The van der Waals surface area contributed by atoms with Gasteiger partial charge in [0.1, 0.15) is 12.1 Å². The number of amides is 2. The van der Waals surface area contributed by atoms with E-state index in [-0.39, 0.29) is 25.0 Å². The number of benzene rings is 1. The first kappa shape index (κ1) is 17.3. The lowest BCUT2D eigenvalue weighted by Gasteiger charge is -2.26. The van der Waals surface area contributed by atoms with Crippen molar-refractivity contribution < 1.29 is 18.7 Å². The number of allylic oxidation sites excluding steroid dienone is 1. The van der Waals surface area contributed by atoms with E-state index in [2.05, 4.69) is 28.4 Å². The molecule has 0 bridgehead atoms. The fourth-order valence-corrected chi connectivity index (χ4v) is 3.11. The van der Waals surface area contributed by atoms with Gasteiger partial charge < -0.3 is 14.5 Å². The van der Waals surface area contributed by atoms with Gasteiger partial charge in [0.25, 0.3) is 5.91 Å². The summed E-state index contributed by atoms with van der Waals surface area (Å²) in [6.07, 6.45) is 6.35. The second-order valence-electron chi connectivity index (χ2n) is 6.84. The van der Waals surface area contributed by atoms with Crippen molar-refractivity contribution in [1.29, 1.82) is 0 Å². The molecule has 0 fully saturated rings. The topological polar surface area (TPSA) is 97.0 Å². The number of carbonyl (C=O) groups excluding carboxylic acids is 2. The molecule has 27 heavy (non-hydrogen) atoms. The highest BCUT2D eigenvalue weighted by molar-refractivity contribution is 6.00. The Kier molecular flexibility index (Phi) is 4.62. The van der Waals surface area contributed by atoms with Crippen LogP contribution in [0.2, 0.25) is 0 Å². The summed E-state index contributed by atoms with van der Waals surface area (Å²) in [5, 5.41) is 8.18. The molecule has 2 aliphatic rings. The van der Waals surface area contributed by atoms with E-state index in [1.54, 1.807) is 18.2 Å². The van der Waals surface area contributed by atoms with E-state index in [9.17, 15) is 9.59 Å². The number of ether oxygens (including phenoxy) is 1. The normalized spacial score (nSPS) is 20.1. The Labute approximate surface area is 155 Å². The van der Waals surface area contributed by atoms with Crippen molar-refractivity contribution in [2.24, 2.45) is 11.0 Å². The number of aromatic nitrogens is 1. The summed E-state index contributed by atoms with van der Waals surface area (Å²) in [7, 11) is 0. The quantitative estimate of drug-likeness (QED) is 0.895. The summed E-state index contributed by atoms with van der Waals surface area (Å²) in [6, 6.07) is 5.15. The van der Waals surface area contributed by atoms with E-state index in [1.165, 1.54) is 11.4 Å². The lowest BCUT2D eigenvalue weighted by Crippen LogP contribution is -2.41. The second kappa shape index (κ2) is 7.22. The zero-order valence-corrected chi connectivity index (χ0v) is 15.0. The SMILES string of the molecule is CC1CC=C(C2=NN(CC(=O)Nc3ccc4ocnc4c3)C(=O)CO2)CC1. The van der Waals surface area contributed by atoms with Gasteiger partial charge in [-0.05, 0) is 43.4 Å². The van der Waals surface area contributed by atoms with Crippen LogP contribution >= 0.6 is 0 Å². The van der Waals surface area contributed by atoms with Gasteiger partial charge in [0, 0.05) is 11.3 Å². The first-order valence-corrected chi connectivity index (χ1v) is 8.93. The van der Waals surface area contributed by atoms with Crippen LogP contribution in [0.1, 0.15) is 26.2 Å². The third-order valence-electron chi connectivity index (χ3n) is 4.69. The molecular weight excluding hydrogens is 348 g/mol. The van der Waals surface area contributed by atoms with E-state index >= 15 is 0 Å². The van der Waals surface area contributed by atoms with Crippen LogP contribution in [0, 0.1) is 5.92 Å². The van der Waals surface area contributed by atoms with Crippen molar-refractivity contribution in [3.63, 3.8) is 0 Å². The number of fused-ring (bicyclic) bond motifs is 1. The fraction of sp³-hybridized carbons (Fsp3) is 0.368. The molecular formula is C19H20N4O4. The predicted molar refractivity (Wildman–Crippen MR) is 98.8 cm³/mol. The van der Waals surface area contributed by atoms with Gasteiger partial charge in [-0.25, -0.2) is 9.99 Å². The zero-order chi connectivity index (χ0) is 18.8. The first-order chi connectivity index (χ1) is 13.1. The van der Waals surface area contributed by atoms with Crippen LogP contribution < -0.4 is 5.32 Å². The number of carbonyl (C=O) groups is 2. The average Bonchev–Trinajstić information content (AvgIpc) is 3.12. The average molecular weight is 368 g/mol. The van der Waals surface area contributed by atoms with Crippen molar-refractivity contribution in [2.45, 2.75) is 26.2 Å². The molecule has 8 nitrogen and oxygen atoms in total. The molecule has 4 rings (SSSR count). The van der Waals surface area contributed by atoms with Crippen molar-refractivity contribution in [3.8, 4) is 0 Å². The van der Waals surface area contributed by atoms with Crippen LogP contribution in [0.25, 0.3) is 11.1 Å². The maximum absolute atomic E-state index is 12.4. The smallest absolute Gasteiger partial charge is 0.281 e. The third-order valence-corrected chi connectivity index (χ3v) is 4.69. The molecule has 0 radical (unpaired) electrons. The highest BCUT2D eigenvalue weighted by Gasteiger charge is 2.26. The molecule has 1 aliphatic carbocycles. The van der Waals surface area contributed by atoms with Gasteiger partial charge in [0.15, 0.2) is 18.6 Å². The maximum Gasteiger partial charge on any atom is 0.281 e. The minimum absolute atomic E-state index is 0.107. The molecule has 2 amide bonds. The molecule has 1 atom stereocenters. The van der Waals surface area contributed by atoms with Gasteiger partial charge in [0.2, 0.25) is 11.8 Å². The number of oxazole rings is 1. The Bertz CT molecular complexity index is 946.